The van der Waals surface area contributed by atoms with Gasteiger partial charge in [0, 0.05) is 19.3 Å². The van der Waals surface area contributed by atoms with E-state index in [9.17, 15) is 4.79 Å². The van der Waals surface area contributed by atoms with E-state index < -0.39 is 0 Å². The van der Waals surface area contributed by atoms with Crippen LogP contribution in [0.15, 0.2) is 12.3 Å². The maximum Gasteiger partial charge on any atom is 0.133 e. The van der Waals surface area contributed by atoms with Crippen molar-refractivity contribution in [3.05, 3.63) is 12.3 Å². The smallest absolute Gasteiger partial charge is 0.133 e. The normalized spacial score (nSPS) is 12.4. The largest absolute Gasteiger partial charge is 0.493 e. The minimum absolute atomic E-state index is 0.0727. The number of hydrogen-bond donors (Lipinski definition) is 0. The second kappa shape index (κ2) is 5.51. The van der Waals surface area contributed by atoms with E-state index in [1.165, 1.54) is 0 Å². The first-order chi connectivity index (χ1) is 6.99. The van der Waals surface area contributed by atoms with E-state index in [4.69, 9.17) is 4.74 Å². The van der Waals surface area contributed by atoms with Crippen molar-refractivity contribution in [1.82, 2.24) is 0 Å². The quantitative estimate of drug-likeness (QED) is 0.660. The van der Waals surface area contributed by atoms with Crippen LogP contribution in [0.2, 0.25) is 0 Å². The fourth-order valence-corrected chi connectivity index (χ4v) is 1.44. The number of carbonyl (C=O) groups is 1. The van der Waals surface area contributed by atoms with Crippen LogP contribution in [0.1, 0.15) is 60.8 Å². The minimum Gasteiger partial charge on any atom is -0.493 e. The third kappa shape index (κ3) is 9.75. The molecule has 0 aliphatic rings. The van der Waals surface area contributed by atoms with Gasteiger partial charge in [-0.15, -0.1) is 0 Å². The van der Waals surface area contributed by atoms with Crippen LogP contribution in [-0.2, 0) is 9.53 Å². The molecule has 0 spiro atoms. The Hall–Kier alpha value is -0.790. The summed E-state index contributed by atoms with van der Waals surface area (Å²) >= 11 is 0. The van der Waals surface area contributed by atoms with Crippen LogP contribution in [0.25, 0.3) is 0 Å². The summed E-state index contributed by atoms with van der Waals surface area (Å²) in [5.41, 5.74) is -0.145. The molecule has 0 unspecified atom stereocenters. The van der Waals surface area contributed by atoms with Gasteiger partial charge in [0.15, 0.2) is 0 Å². The Morgan fingerprint density at radius 2 is 1.56 bits per heavy atom. The SMILES string of the molecule is C=C(CCC(=O)CC(C)(C)C)OC(C)(C)C. The molecule has 0 aliphatic carbocycles. The second-order valence-electron chi connectivity index (χ2n) is 6.53. The van der Waals surface area contributed by atoms with Gasteiger partial charge in [0.2, 0.25) is 0 Å². The van der Waals surface area contributed by atoms with Crippen molar-refractivity contribution in [2.45, 2.75) is 66.4 Å². The molecule has 0 atom stereocenters. The van der Waals surface area contributed by atoms with Crippen molar-refractivity contribution in [3.8, 4) is 0 Å². The first-order valence-corrected chi connectivity index (χ1v) is 5.88. The lowest BCUT2D eigenvalue weighted by atomic mass is 9.89. The third-order valence-corrected chi connectivity index (χ3v) is 1.86. The van der Waals surface area contributed by atoms with Gasteiger partial charge in [0.05, 0.1) is 5.76 Å². The Labute approximate surface area is 100 Å². The molecule has 0 saturated heterocycles. The average molecular weight is 226 g/mol. The average Bonchev–Trinajstić information content (AvgIpc) is 1.94. The van der Waals surface area contributed by atoms with E-state index in [2.05, 4.69) is 27.4 Å². The van der Waals surface area contributed by atoms with Gasteiger partial charge in [-0.3, -0.25) is 4.79 Å². The van der Waals surface area contributed by atoms with Gasteiger partial charge in [0.25, 0.3) is 0 Å². The molecule has 0 aromatic heterocycles. The van der Waals surface area contributed by atoms with Crippen molar-refractivity contribution in [1.29, 1.82) is 0 Å². The number of allylic oxidation sites excluding steroid dienone is 1. The molecule has 2 nitrogen and oxygen atoms in total. The van der Waals surface area contributed by atoms with Gasteiger partial charge in [-0.2, -0.15) is 0 Å². The highest BCUT2D eigenvalue weighted by atomic mass is 16.5. The van der Waals surface area contributed by atoms with Crippen LogP contribution < -0.4 is 0 Å². The predicted molar refractivity (Wildman–Crippen MR) is 68.3 cm³/mol. The molecule has 0 N–H and O–H groups in total. The molecule has 0 heterocycles. The van der Waals surface area contributed by atoms with Gasteiger partial charge in [-0.25, -0.2) is 0 Å². The van der Waals surface area contributed by atoms with Crippen LogP contribution in [0, 0.1) is 5.41 Å². The number of rotatable bonds is 5. The number of ether oxygens (including phenoxy) is 1. The summed E-state index contributed by atoms with van der Waals surface area (Å²) in [5.74, 6) is 0.987. The Bertz CT molecular complexity index is 223. The van der Waals surface area contributed by atoms with Gasteiger partial charge in [0.1, 0.15) is 11.4 Å². The van der Waals surface area contributed by atoms with Crippen LogP contribution in [-0.4, -0.2) is 11.4 Å². The zero-order valence-electron chi connectivity index (χ0n) is 11.6. The van der Waals surface area contributed by atoms with Crippen LogP contribution in [0.5, 0.6) is 0 Å². The second-order valence-corrected chi connectivity index (χ2v) is 6.53. The first-order valence-electron chi connectivity index (χ1n) is 5.88. The molecule has 0 aromatic carbocycles. The Morgan fingerprint density at radius 3 is 1.94 bits per heavy atom. The summed E-state index contributed by atoms with van der Waals surface area (Å²) in [6.07, 6.45) is 1.79. The van der Waals surface area contributed by atoms with Crippen LogP contribution >= 0.6 is 0 Å². The molecular formula is C14H26O2. The van der Waals surface area contributed by atoms with E-state index in [0.29, 0.717) is 25.0 Å². The number of Topliss-reactive ketones (excluding diaryl/α,β-unsaturated/α-hetero) is 1. The van der Waals surface area contributed by atoms with Gasteiger partial charge >= 0.3 is 0 Å². The third-order valence-electron chi connectivity index (χ3n) is 1.86. The lowest BCUT2D eigenvalue weighted by Crippen LogP contribution is -2.19. The zero-order chi connectivity index (χ0) is 13.0. The molecule has 0 saturated carbocycles. The minimum atomic E-state index is -0.218. The van der Waals surface area contributed by atoms with Crippen molar-refractivity contribution >= 4 is 5.78 Å². The van der Waals surface area contributed by atoms with E-state index in [1.54, 1.807) is 0 Å². The molecule has 0 aromatic rings. The maximum atomic E-state index is 11.6. The summed E-state index contributed by atoms with van der Waals surface area (Å²) in [7, 11) is 0. The van der Waals surface area contributed by atoms with Crippen molar-refractivity contribution in [2.24, 2.45) is 5.41 Å². The molecule has 0 amide bonds. The van der Waals surface area contributed by atoms with Crippen LogP contribution in [0.4, 0.5) is 0 Å². The zero-order valence-corrected chi connectivity index (χ0v) is 11.6. The number of carbonyl (C=O) groups excluding carboxylic acids is 1. The Kier molecular flexibility index (Phi) is 5.24. The summed E-state index contributed by atoms with van der Waals surface area (Å²) in [5, 5.41) is 0. The molecule has 0 aliphatic heterocycles. The molecular weight excluding hydrogens is 200 g/mol. The number of hydrogen-bond acceptors (Lipinski definition) is 2. The predicted octanol–water partition coefficient (Wildman–Crippen LogP) is 4.10. The molecule has 0 radical (unpaired) electrons. The van der Waals surface area contributed by atoms with E-state index in [1.807, 2.05) is 20.8 Å². The van der Waals surface area contributed by atoms with Gasteiger partial charge in [-0.05, 0) is 26.2 Å². The highest BCUT2D eigenvalue weighted by Gasteiger charge is 2.17. The van der Waals surface area contributed by atoms with Crippen molar-refractivity contribution in [2.75, 3.05) is 0 Å². The molecule has 94 valence electrons. The van der Waals surface area contributed by atoms with E-state index in [-0.39, 0.29) is 16.8 Å². The van der Waals surface area contributed by atoms with E-state index >= 15 is 0 Å². The molecule has 0 fully saturated rings. The Balaban J connectivity index is 3.90. The fraction of sp³-hybridized carbons (Fsp3) is 0.786. The van der Waals surface area contributed by atoms with Gasteiger partial charge in [-0.1, -0.05) is 27.4 Å². The summed E-state index contributed by atoms with van der Waals surface area (Å²) < 4.78 is 5.57. The first kappa shape index (κ1) is 15.2. The van der Waals surface area contributed by atoms with Crippen LogP contribution in [0.3, 0.4) is 0 Å². The fourth-order valence-electron chi connectivity index (χ4n) is 1.44. The summed E-state index contributed by atoms with van der Waals surface area (Å²) in [4.78, 5) is 11.6. The highest BCUT2D eigenvalue weighted by Crippen LogP contribution is 2.22. The van der Waals surface area contributed by atoms with Crippen molar-refractivity contribution in [3.63, 3.8) is 0 Å². The monoisotopic (exact) mass is 226 g/mol. The molecule has 0 rings (SSSR count). The Morgan fingerprint density at radius 1 is 1.06 bits per heavy atom. The molecule has 16 heavy (non-hydrogen) atoms. The molecule has 0 bridgehead atoms. The lowest BCUT2D eigenvalue weighted by Gasteiger charge is -2.23. The summed E-state index contributed by atoms with van der Waals surface area (Å²) in [6.45, 7) is 16.0. The van der Waals surface area contributed by atoms with E-state index in [0.717, 1.165) is 0 Å². The lowest BCUT2D eigenvalue weighted by molar-refractivity contribution is -0.121. The molecule has 2 heteroatoms. The number of ketones is 1. The highest BCUT2D eigenvalue weighted by molar-refractivity contribution is 5.79. The van der Waals surface area contributed by atoms with Crippen molar-refractivity contribution < 1.29 is 9.53 Å². The maximum absolute atomic E-state index is 11.6. The topological polar surface area (TPSA) is 26.3 Å². The summed E-state index contributed by atoms with van der Waals surface area (Å²) in [6, 6.07) is 0. The standard InChI is InChI=1S/C14H26O2/c1-11(16-14(5,6)7)8-9-12(15)10-13(2,3)4/h1,8-10H2,2-7H3. The van der Waals surface area contributed by atoms with Gasteiger partial charge < -0.3 is 4.74 Å².